The van der Waals surface area contributed by atoms with E-state index >= 15 is 0 Å². The lowest BCUT2D eigenvalue weighted by Crippen LogP contribution is -2.15. The molecule has 1 aromatic carbocycles. The number of thiophene rings is 1. The van der Waals surface area contributed by atoms with E-state index in [4.69, 9.17) is 14.0 Å². The van der Waals surface area contributed by atoms with Crippen molar-refractivity contribution in [2.45, 2.75) is 20.5 Å². The molecule has 3 aromatic rings. The van der Waals surface area contributed by atoms with Gasteiger partial charge in [-0.15, -0.1) is 11.3 Å². The first-order chi connectivity index (χ1) is 11.6. The van der Waals surface area contributed by atoms with Crippen LogP contribution in [0.3, 0.4) is 0 Å². The molecule has 0 fully saturated rings. The summed E-state index contributed by atoms with van der Waals surface area (Å²) in [7, 11) is 0. The second-order valence-corrected chi connectivity index (χ2v) is 6.21. The minimum Gasteiger partial charge on any atom is -0.482 e. The van der Waals surface area contributed by atoms with Crippen molar-refractivity contribution in [1.29, 1.82) is 0 Å². The zero-order valence-corrected chi connectivity index (χ0v) is 14.1. The minimum absolute atomic E-state index is 0.0760. The van der Waals surface area contributed by atoms with Crippen molar-refractivity contribution < 1.29 is 18.8 Å². The molecule has 2 aromatic heterocycles. The molecule has 3 rings (SSSR count). The molecule has 0 aliphatic rings. The maximum Gasteiger partial charge on any atom is 0.344 e. The first-order valence-corrected chi connectivity index (χ1v) is 8.21. The quantitative estimate of drug-likeness (QED) is 0.637. The highest BCUT2D eigenvalue weighted by molar-refractivity contribution is 7.13. The molecule has 0 N–H and O–H groups in total. The Bertz CT molecular complexity index is 807. The normalized spacial score (nSPS) is 10.6. The van der Waals surface area contributed by atoms with Crippen molar-refractivity contribution in [3.8, 4) is 16.5 Å². The number of hydrogen-bond donors (Lipinski definition) is 0. The zero-order chi connectivity index (χ0) is 16.9. The molecule has 2 heterocycles. The van der Waals surface area contributed by atoms with Gasteiger partial charge >= 0.3 is 5.97 Å². The smallest absolute Gasteiger partial charge is 0.344 e. The van der Waals surface area contributed by atoms with Gasteiger partial charge in [0.2, 0.25) is 5.82 Å². The second kappa shape index (κ2) is 7.27. The summed E-state index contributed by atoms with van der Waals surface area (Å²) in [5.41, 5.74) is 2.15. The summed E-state index contributed by atoms with van der Waals surface area (Å²) in [5, 5.41) is 5.78. The van der Waals surface area contributed by atoms with Gasteiger partial charge in [-0.2, -0.15) is 4.98 Å². The van der Waals surface area contributed by atoms with Crippen LogP contribution in [0.5, 0.6) is 5.75 Å². The Morgan fingerprint density at radius 3 is 2.75 bits per heavy atom. The van der Waals surface area contributed by atoms with Crippen LogP contribution in [0.2, 0.25) is 0 Å². The molecule has 0 saturated heterocycles. The molecule has 0 amide bonds. The van der Waals surface area contributed by atoms with E-state index in [2.05, 4.69) is 10.1 Å². The van der Waals surface area contributed by atoms with E-state index in [1.54, 1.807) is 0 Å². The first-order valence-electron chi connectivity index (χ1n) is 7.33. The van der Waals surface area contributed by atoms with Crippen LogP contribution in [0.25, 0.3) is 10.7 Å². The molecule has 0 aliphatic carbocycles. The van der Waals surface area contributed by atoms with Crippen LogP contribution < -0.4 is 4.74 Å². The van der Waals surface area contributed by atoms with Gasteiger partial charge in [0.1, 0.15) is 5.75 Å². The Labute approximate surface area is 143 Å². The third-order valence-electron chi connectivity index (χ3n) is 3.12. The number of nitrogens with zero attached hydrogens (tertiary/aromatic N) is 2. The maximum atomic E-state index is 11.8. The van der Waals surface area contributed by atoms with Crippen molar-refractivity contribution in [2.75, 3.05) is 6.61 Å². The number of aromatic nitrogens is 2. The van der Waals surface area contributed by atoms with E-state index in [0.717, 1.165) is 16.0 Å². The molecule has 0 aliphatic heterocycles. The molecule has 0 unspecified atom stereocenters. The summed E-state index contributed by atoms with van der Waals surface area (Å²) >= 11 is 1.51. The lowest BCUT2D eigenvalue weighted by molar-refractivity contribution is -0.148. The molecule has 0 bridgehead atoms. The third kappa shape index (κ3) is 4.20. The van der Waals surface area contributed by atoms with E-state index in [1.807, 2.05) is 49.6 Å². The lowest BCUT2D eigenvalue weighted by Gasteiger charge is -2.07. The number of hydrogen-bond acceptors (Lipinski definition) is 7. The average molecular weight is 344 g/mol. The predicted octanol–water partition coefficient (Wildman–Crippen LogP) is 3.54. The Hall–Kier alpha value is -2.67. The summed E-state index contributed by atoms with van der Waals surface area (Å²) in [5.74, 6) is 0.882. The Kier molecular flexibility index (Phi) is 4.90. The monoisotopic (exact) mass is 344 g/mol. The van der Waals surface area contributed by atoms with Crippen LogP contribution in [0, 0.1) is 13.8 Å². The van der Waals surface area contributed by atoms with Crippen LogP contribution in [0.1, 0.15) is 17.0 Å². The SMILES string of the molecule is Cc1cc(C)cc(OCC(=O)OCc2nc(-c3cccs3)no2)c1. The largest absolute Gasteiger partial charge is 0.482 e. The molecule has 0 radical (unpaired) electrons. The number of aryl methyl sites for hydroxylation is 2. The summed E-state index contributed by atoms with van der Waals surface area (Å²) in [6.45, 7) is 3.69. The summed E-state index contributed by atoms with van der Waals surface area (Å²) in [6, 6.07) is 9.56. The van der Waals surface area contributed by atoms with Gasteiger partial charge in [-0.1, -0.05) is 17.3 Å². The van der Waals surface area contributed by atoms with Crippen LogP contribution in [-0.2, 0) is 16.1 Å². The van der Waals surface area contributed by atoms with Gasteiger partial charge in [0.05, 0.1) is 4.88 Å². The van der Waals surface area contributed by atoms with Gasteiger partial charge in [0.15, 0.2) is 13.2 Å². The van der Waals surface area contributed by atoms with Crippen molar-refractivity contribution in [3.05, 3.63) is 52.7 Å². The van der Waals surface area contributed by atoms with E-state index in [9.17, 15) is 4.79 Å². The average Bonchev–Trinajstić information content (AvgIpc) is 3.20. The fraction of sp³-hybridized carbons (Fsp3) is 0.235. The first kappa shape index (κ1) is 16.2. The number of carbonyl (C=O) groups is 1. The molecule has 6 nitrogen and oxygen atoms in total. The highest BCUT2D eigenvalue weighted by atomic mass is 32.1. The molecular formula is C17H16N2O4S. The van der Waals surface area contributed by atoms with Gasteiger partial charge in [0.25, 0.3) is 5.89 Å². The summed E-state index contributed by atoms with van der Waals surface area (Å²) in [6.07, 6.45) is 0. The van der Waals surface area contributed by atoms with E-state index in [1.165, 1.54) is 11.3 Å². The molecular weight excluding hydrogens is 328 g/mol. The number of esters is 1. The fourth-order valence-corrected chi connectivity index (χ4v) is 2.81. The molecule has 7 heteroatoms. The standard InChI is InChI=1S/C17H16N2O4S/c1-11-6-12(2)8-13(7-11)21-10-16(20)22-9-15-18-17(19-23-15)14-4-3-5-24-14/h3-8H,9-10H2,1-2H3. The topological polar surface area (TPSA) is 74.5 Å². The van der Waals surface area contributed by atoms with E-state index in [-0.39, 0.29) is 19.1 Å². The number of ether oxygens (including phenoxy) is 2. The van der Waals surface area contributed by atoms with Gasteiger partial charge < -0.3 is 14.0 Å². The third-order valence-corrected chi connectivity index (χ3v) is 3.98. The zero-order valence-electron chi connectivity index (χ0n) is 13.3. The Morgan fingerprint density at radius 1 is 1.25 bits per heavy atom. The Balaban J connectivity index is 1.49. The Morgan fingerprint density at radius 2 is 2.04 bits per heavy atom. The second-order valence-electron chi connectivity index (χ2n) is 5.26. The number of rotatable bonds is 6. The van der Waals surface area contributed by atoms with Gasteiger partial charge in [-0.3, -0.25) is 0 Å². The van der Waals surface area contributed by atoms with E-state index < -0.39 is 5.97 Å². The molecule has 0 spiro atoms. The highest BCUT2D eigenvalue weighted by Gasteiger charge is 2.12. The molecule has 0 saturated carbocycles. The molecule has 0 atom stereocenters. The molecule has 24 heavy (non-hydrogen) atoms. The fourth-order valence-electron chi connectivity index (χ4n) is 2.16. The molecule has 124 valence electrons. The van der Waals surface area contributed by atoms with Crippen LogP contribution in [-0.4, -0.2) is 22.7 Å². The summed E-state index contributed by atoms with van der Waals surface area (Å²) < 4.78 is 15.6. The summed E-state index contributed by atoms with van der Waals surface area (Å²) in [4.78, 5) is 16.8. The van der Waals surface area contributed by atoms with Crippen LogP contribution >= 0.6 is 11.3 Å². The van der Waals surface area contributed by atoms with Crippen LogP contribution in [0.15, 0.2) is 40.2 Å². The van der Waals surface area contributed by atoms with Crippen molar-refractivity contribution in [2.24, 2.45) is 0 Å². The minimum atomic E-state index is -0.495. The maximum absolute atomic E-state index is 11.8. The lowest BCUT2D eigenvalue weighted by atomic mass is 10.1. The van der Waals surface area contributed by atoms with Crippen molar-refractivity contribution in [1.82, 2.24) is 10.1 Å². The van der Waals surface area contributed by atoms with Crippen molar-refractivity contribution in [3.63, 3.8) is 0 Å². The number of benzene rings is 1. The van der Waals surface area contributed by atoms with Gasteiger partial charge in [-0.25, -0.2) is 4.79 Å². The highest BCUT2D eigenvalue weighted by Crippen LogP contribution is 2.21. The van der Waals surface area contributed by atoms with Gasteiger partial charge in [0, 0.05) is 0 Å². The number of carbonyl (C=O) groups excluding carboxylic acids is 1. The predicted molar refractivity (Wildman–Crippen MR) is 88.8 cm³/mol. The van der Waals surface area contributed by atoms with Crippen molar-refractivity contribution >= 4 is 17.3 Å². The van der Waals surface area contributed by atoms with E-state index in [0.29, 0.717) is 11.6 Å². The van der Waals surface area contributed by atoms with Gasteiger partial charge in [-0.05, 0) is 48.6 Å². The van der Waals surface area contributed by atoms with Crippen LogP contribution in [0.4, 0.5) is 0 Å².